The third-order valence-corrected chi connectivity index (χ3v) is 2.80. The molecule has 4 heteroatoms. The predicted octanol–water partition coefficient (Wildman–Crippen LogP) is 2.43. The van der Waals surface area contributed by atoms with Crippen molar-refractivity contribution in [3.8, 4) is 0 Å². The Morgan fingerprint density at radius 3 is 2.71 bits per heavy atom. The van der Waals surface area contributed by atoms with E-state index in [1.807, 2.05) is 4.68 Å². The minimum Gasteiger partial charge on any atom is -0.316 e. The summed E-state index contributed by atoms with van der Waals surface area (Å²) < 4.78 is 2.02. The summed E-state index contributed by atoms with van der Waals surface area (Å²) in [5.74, 6) is 1.09. The third-order valence-electron chi connectivity index (χ3n) is 2.80. The molecular weight excluding hydrogens is 212 g/mol. The second-order valence-corrected chi connectivity index (χ2v) is 5.73. The van der Waals surface area contributed by atoms with Crippen LogP contribution in [-0.4, -0.2) is 27.9 Å². The molecule has 0 bridgehead atoms. The first-order valence-corrected chi connectivity index (χ1v) is 6.55. The summed E-state index contributed by atoms with van der Waals surface area (Å²) in [4.78, 5) is 4.37. The van der Waals surface area contributed by atoms with E-state index < -0.39 is 0 Å². The minimum absolute atomic E-state index is 0.217. The average Bonchev–Trinajstić information content (AvgIpc) is 2.65. The van der Waals surface area contributed by atoms with Crippen LogP contribution in [0.2, 0.25) is 0 Å². The van der Waals surface area contributed by atoms with Crippen LogP contribution in [0.15, 0.2) is 6.33 Å². The standard InChI is InChI=1S/C13H26N4/c1-6-7-14-9-13(4,5)8-12-15-10-16-17(12)11(2)3/h10-11,14H,6-9H2,1-5H3. The van der Waals surface area contributed by atoms with E-state index in [-0.39, 0.29) is 5.41 Å². The summed E-state index contributed by atoms with van der Waals surface area (Å²) >= 11 is 0. The number of nitrogens with one attached hydrogen (secondary N) is 1. The Kier molecular flexibility index (Phi) is 5.12. The maximum Gasteiger partial charge on any atom is 0.138 e. The number of nitrogens with zero attached hydrogens (tertiary/aromatic N) is 3. The summed E-state index contributed by atoms with van der Waals surface area (Å²) in [6, 6.07) is 0.381. The molecule has 1 N–H and O–H groups in total. The minimum atomic E-state index is 0.217. The zero-order valence-corrected chi connectivity index (χ0v) is 11.8. The highest BCUT2D eigenvalue weighted by atomic mass is 15.3. The molecule has 1 heterocycles. The van der Waals surface area contributed by atoms with Crippen molar-refractivity contribution in [2.45, 2.75) is 53.5 Å². The zero-order valence-electron chi connectivity index (χ0n) is 11.8. The highest BCUT2D eigenvalue weighted by Crippen LogP contribution is 2.20. The molecule has 0 fully saturated rings. The van der Waals surface area contributed by atoms with Gasteiger partial charge in [-0.3, -0.25) is 0 Å². The Balaban J connectivity index is 2.59. The number of rotatable bonds is 7. The summed E-state index contributed by atoms with van der Waals surface area (Å²) in [5.41, 5.74) is 0.217. The first-order chi connectivity index (χ1) is 7.96. The number of hydrogen-bond acceptors (Lipinski definition) is 3. The van der Waals surface area contributed by atoms with Crippen molar-refractivity contribution in [3.63, 3.8) is 0 Å². The quantitative estimate of drug-likeness (QED) is 0.742. The van der Waals surface area contributed by atoms with Crippen molar-refractivity contribution in [2.24, 2.45) is 5.41 Å². The molecule has 1 rings (SSSR count). The smallest absolute Gasteiger partial charge is 0.138 e. The predicted molar refractivity (Wildman–Crippen MR) is 71.1 cm³/mol. The lowest BCUT2D eigenvalue weighted by molar-refractivity contribution is 0.321. The van der Waals surface area contributed by atoms with Gasteiger partial charge in [0.1, 0.15) is 12.2 Å². The SMILES string of the molecule is CCCNCC(C)(C)Cc1ncnn1C(C)C. The molecular formula is C13H26N4. The van der Waals surface area contributed by atoms with Gasteiger partial charge in [0.25, 0.3) is 0 Å². The maximum atomic E-state index is 4.37. The molecule has 0 unspecified atom stereocenters. The van der Waals surface area contributed by atoms with Crippen LogP contribution < -0.4 is 5.32 Å². The van der Waals surface area contributed by atoms with Crippen molar-refractivity contribution in [2.75, 3.05) is 13.1 Å². The first kappa shape index (κ1) is 14.2. The lowest BCUT2D eigenvalue weighted by Crippen LogP contribution is -2.32. The molecule has 1 aromatic heterocycles. The highest BCUT2D eigenvalue weighted by molar-refractivity contribution is 4.92. The van der Waals surface area contributed by atoms with Gasteiger partial charge in [-0.05, 0) is 32.2 Å². The van der Waals surface area contributed by atoms with Gasteiger partial charge in [-0.15, -0.1) is 0 Å². The molecule has 4 nitrogen and oxygen atoms in total. The first-order valence-electron chi connectivity index (χ1n) is 6.55. The number of hydrogen-bond donors (Lipinski definition) is 1. The van der Waals surface area contributed by atoms with Gasteiger partial charge in [0, 0.05) is 19.0 Å². The molecule has 0 aliphatic rings. The molecule has 0 aromatic carbocycles. The van der Waals surface area contributed by atoms with Gasteiger partial charge in [0.15, 0.2) is 0 Å². The van der Waals surface area contributed by atoms with Gasteiger partial charge >= 0.3 is 0 Å². The van der Waals surface area contributed by atoms with Gasteiger partial charge in [-0.2, -0.15) is 5.10 Å². The Labute approximate surface area is 105 Å². The van der Waals surface area contributed by atoms with E-state index in [0.717, 1.165) is 25.3 Å². The van der Waals surface area contributed by atoms with E-state index in [1.54, 1.807) is 6.33 Å². The zero-order chi connectivity index (χ0) is 12.9. The molecule has 0 aliphatic heterocycles. The lowest BCUT2D eigenvalue weighted by Gasteiger charge is -2.25. The summed E-state index contributed by atoms with van der Waals surface area (Å²) in [5, 5.41) is 7.76. The van der Waals surface area contributed by atoms with Crippen molar-refractivity contribution in [3.05, 3.63) is 12.2 Å². The van der Waals surface area contributed by atoms with Gasteiger partial charge in [-0.25, -0.2) is 9.67 Å². The average molecular weight is 238 g/mol. The third kappa shape index (κ3) is 4.46. The van der Waals surface area contributed by atoms with Crippen LogP contribution in [0.25, 0.3) is 0 Å². The van der Waals surface area contributed by atoms with Crippen molar-refractivity contribution >= 4 is 0 Å². The molecule has 0 saturated carbocycles. The van der Waals surface area contributed by atoms with Crippen molar-refractivity contribution in [1.29, 1.82) is 0 Å². The summed E-state index contributed by atoms with van der Waals surface area (Å²) in [6.07, 6.45) is 3.80. The van der Waals surface area contributed by atoms with Gasteiger partial charge < -0.3 is 5.32 Å². The van der Waals surface area contributed by atoms with Crippen LogP contribution in [0.4, 0.5) is 0 Å². The molecule has 17 heavy (non-hydrogen) atoms. The Morgan fingerprint density at radius 2 is 2.12 bits per heavy atom. The topological polar surface area (TPSA) is 42.7 Å². The van der Waals surface area contributed by atoms with E-state index in [2.05, 4.69) is 50.0 Å². The van der Waals surface area contributed by atoms with Crippen LogP contribution in [0.5, 0.6) is 0 Å². The molecule has 0 spiro atoms. The van der Waals surface area contributed by atoms with Crippen LogP contribution in [-0.2, 0) is 6.42 Å². The Hall–Kier alpha value is -0.900. The maximum absolute atomic E-state index is 4.37. The van der Waals surface area contributed by atoms with Gasteiger partial charge in [0.2, 0.25) is 0 Å². The second kappa shape index (κ2) is 6.15. The largest absolute Gasteiger partial charge is 0.316 e. The fourth-order valence-corrected chi connectivity index (χ4v) is 1.93. The van der Waals surface area contributed by atoms with Crippen LogP contribution in [0, 0.1) is 5.41 Å². The molecule has 0 amide bonds. The number of aromatic nitrogens is 3. The fraction of sp³-hybridized carbons (Fsp3) is 0.846. The lowest BCUT2D eigenvalue weighted by atomic mass is 9.89. The van der Waals surface area contributed by atoms with Gasteiger partial charge in [-0.1, -0.05) is 20.8 Å². The van der Waals surface area contributed by atoms with E-state index in [1.165, 1.54) is 6.42 Å². The van der Waals surface area contributed by atoms with Crippen LogP contribution in [0.3, 0.4) is 0 Å². The monoisotopic (exact) mass is 238 g/mol. The fourth-order valence-electron chi connectivity index (χ4n) is 1.93. The summed E-state index contributed by atoms with van der Waals surface area (Å²) in [6.45, 7) is 13.1. The molecule has 0 radical (unpaired) electrons. The van der Waals surface area contributed by atoms with E-state index in [9.17, 15) is 0 Å². The Morgan fingerprint density at radius 1 is 1.41 bits per heavy atom. The van der Waals surface area contributed by atoms with E-state index in [0.29, 0.717) is 6.04 Å². The molecule has 0 saturated heterocycles. The normalized spacial score (nSPS) is 12.4. The van der Waals surface area contributed by atoms with Crippen molar-refractivity contribution in [1.82, 2.24) is 20.1 Å². The van der Waals surface area contributed by atoms with E-state index in [4.69, 9.17) is 0 Å². The van der Waals surface area contributed by atoms with Crippen LogP contribution in [0.1, 0.15) is 52.9 Å². The second-order valence-electron chi connectivity index (χ2n) is 5.73. The summed E-state index contributed by atoms with van der Waals surface area (Å²) in [7, 11) is 0. The molecule has 1 aromatic rings. The van der Waals surface area contributed by atoms with Crippen molar-refractivity contribution < 1.29 is 0 Å². The Bertz CT molecular complexity index is 328. The van der Waals surface area contributed by atoms with E-state index >= 15 is 0 Å². The molecule has 0 atom stereocenters. The highest BCUT2D eigenvalue weighted by Gasteiger charge is 2.21. The molecule has 98 valence electrons. The molecule has 0 aliphatic carbocycles. The van der Waals surface area contributed by atoms with Gasteiger partial charge in [0.05, 0.1) is 0 Å². The van der Waals surface area contributed by atoms with Crippen LogP contribution >= 0.6 is 0 Å².